The molecule has 0 fully saturated rings. The van der Waals surface area contributed by atoms with Crippen LogP contribution in [-0.4, -0.2) is 18.4 Å². The fourth-order valence-electron chi connectivity index (χ4n) is 0.846. The summed E-state index contributed by atoms with van der Waals surface area (Å²) in [5.41, 5.74) is 0.939. The maximum absolute atomic E-state index is 9.20. The van der Waals surface area contributed by atoms with E-state index in [1.807, 2.05) is 19.4 Å². The lowest BCUT2D eigenvalue weighted by molar-refractivity contribution is 0.474. The molecule has 0 heterocycles. The summed E-state index contributed by atoms with van der Waals surface area (Å²) >= 11 is 1.61. The van der Waals surface area contributed by atoms with Gasteiger partial charge in [-0.15, -0.1) is 11.8 Å². The van der Waals surface area contributed by atoms with Crippen molar-refractivity contribution in [3.8, 4) is 5.75 Å². The van der Waals surface area contributed by atoms with Crippen LogP contribution in [0.2, 0.25) is 0 Å². The quantitative estimate of drug-likeness (QED) is 0.665. The number of benzene rings is 1. The Hall–Kier alpha value is -0.830. The first-order chi connectivity index (χ1) is 5.26. The maximum Gasteiger partial charge on any atom is 0.118 e. The number of thioether (sulfide) groups is 1. The van der Waals surface area contributed by atoms with E-state index in [0.29, 0.717) is 5.75 Å². The fourth-order valence-corrected chi connectivity index (χ4v) is 1.33. The van der Waals surface area contributed by atoms with Gasteiger partial charge in [0.25, 0.3) is 0 Å². The Morgan fingerprint density at radius 1 is 1.36 bits per heavy atom. The highest BCUT2D eigenvalue weighted by Crippen LogP contribution is 2.25. The molecule has 0 amide bonds. The molecule has 3 heteroatoms. The highest BCUT2D eigenvalue weighted by atomic mass is 32.2. The summed E-state index contributed by atoms with van der Waals surface area (Å²) < 4.78 is 0. The van der Waals surface area contributed by atoms with Gasteiger partial charge >= 0.3 is 0 Å². The van der Waals surface area contributed by atoms with Crippen LogP contribution in [0, 0.1) is 0 Å². The number of phenolic OH excluding ortho intramolecular Hbond substituents is 1. The number of hydrogen-bond acceptors (Lipinski definition) is 3. The van der Waals surface area contributed by atoms with Gasteiger partial charge in [-0.1, -0.05) is 0 Å². The topological polar surface area (TPSA) is 32.3 Å². The highest BCUT2D eigenvalue weighted by molar-refractivity contribution is 7.98. The molecule has 0 spiro atoms. The van der Waals surface area contributed by atoms with Gasteiger partial charge in [-0.25, -0.2) is 0 Å². The second kappa shape index (κ2) is 3.53. The normalized spacial score (nSPS) is 9.64. The Balaban J connectivity index is 3.02. The van der Waals surface area contributed by atoms with Crippen molar-refractivity contribution in [2.75, 3.05) is 18.6 Å². The van der Waals surface area contributed by atoms with E-state index in [9.17, 15) is 5.11 Å². The molecule has 1 rings (SSSR count). The lowest BCUT2D eigenvalue weighted by Gasteiger charge is -2.03. The Labute approximate surface area is 70.6 Å². The van der Waals surface area contributed by atoms with E-state index in [1.54, 1.807) is 23.9 Å². The first-order valence-corrected chi connectivity index (χ1v) is 4.54. The van der Waals surface area contributed by atoms with Crippen molar-refractivity contribution < 1.29 is 5.11 Å². The third-order valence-corrected chi connectivity index (χ3v) is 2.12. The van der Waals surface area contributed by atoms with Crippen LogP contribution in [-0.2, 0) is 0 Å². The number of phenols is 1. The predicted octanol–water partition coefficient (Wildman–Crippen LogP) is 2.16. The molecular weight excluding hydrogens is 158 g/mol. The lowest BCUT2D eigenvalue weighted by Crippen LogP contribution is -1.87. The Morgan fingerprint density at radius 3 is 2.64 bits per heavy atom. The van der Waals surface area contributed by atoms with Gasteiger partial charge in [0.2, 0.25) is 0 Å². The molecule has 0 unspecified atom stereocenters. The number of nitrogens with one attached hydrogen (secondary N) is 1. The van der Waals surface area contributed by atoms with Crippen molar-refractivity contribution in [1.29, 1.82) is 0 Å². The molecule has 2 N–H and O–H groups in total. The molecule has 11 heavy (non-hydrogen) atoms. The Bertz CT molecular complexity index is 228. The van der Waals surface area contributed by atoms with E-state index in [4.69, 9.17) is 0 Å². The fraction of sp³-hybridized carbons (Fsp3) is 0.250. The number of rotatable bonds is 2. The lowest BCUT2D eigenvalue weighted by atomic mass is 10.3. The summed E-state index contributed by atoms with van der Waals surface area (Å²) in [7, 11) is 1.83. The summed E-state index contributed by atoms with van der Waals surface area (Å²) in [4.78, 5) is 1.06. The van der Waals surface area contributed by atoms with Gasteiger partial charge < -0.3 is 10.4 Å². The van der Waals surface area contributed by atoms with E-state index in [-0.39, 0.29) is 0 Å². The zero-order chi connectivity index (χ0) is 8.27. The SMILES string of the molecule is CNc1cc(O)cc(SC)c1. The van der Waals surface area contributed by atoms with Crippen LogP contribution in [0.3, 0.4) is 0 Å². The van der Waals surface area contributed by atoms with Crippen molar-refractivity contribution in [3.63, 3.8) is 0 Å². The molecule has 0 aromatic heterocycles. The van der Waals surface area contributed by atoms with E-state index < -0.39 is 0 Å². The van der Waals surface area contributed by atoms with Gasteiger partial charge in [-0.3, -0.25) is 0 Å². The molecule has 1 aromatic rings. The minimum atomic E-state index is 0.307. The minimum Gasteiger partial charge on any atom is -0.508 e. The van der Waals surface area contributed by atoms with E-state index in [2.05, 4.69) is 5.32 Å². The van der Waals surface area contributed by atoms with Gasteiger partial charge in [0.05, 0.1) is 0 Å². The summed E-state index contributed by atoms with van der Waals surface area (Å²) in [6, 6.07) is 5.43. The standard InChI is InChI=1S/C8H11NOS/c1-9-6-3-7(10)5-8(4-6)11-2/h3-5,9-10H,1-2H3. The van der Waals surface area contributed by atoms with Crippen LogP contribution in [0.15, 0.2) is 23.1 Å². The zero-order valence-electron chi connectivity index (χ0n) is 6.59. The Morgan fingerprint density at radius 2 is 2.09 bits per heavy atom. The number of anilines is 1. The van der Waals surface area contributed by atoms with Crippen molar-refractivity contribution >= 4 is 17.4 Å². The van der Waals surface area contributed by atoms with Crippen LogP contribution in [0.1, 0.15) is 0 Å². The molecular formula is C8H11NOS. The van der Waals surface area contributed by atoms with Crippen molar-refractivity contribution in [2.24, 2.45) is 0 Å². The van der Waals surface area contributed by atoms with Crippen LogP contribution < -0.4 is 5.32 Å². The first-order valence-electron chi connectivity index (χ1n) is 3.32. The smallest absolute Gasteiger partial charge is 0.118 e. The third-order valence-electron chi connectivity index (χ3n) is 1.42. The monoisotopic (exact) mass is 169 g/mol. The van der Waals surface area contributed by atoms with Gasteiger partial charge in [0, 0.05) is 23.7 Å². The largest absolute Gasteiger partial charge is 0.508 e. The molecule has 0 aliphatic carbocycles. The van der Waals surface area contributed by atoms with Gasteiger partial charge in [-0.05, 0) is 18.4 Å². The molecule has 2 nitrogen and oxygen atoms in total. The second-order valence-electron chi connectivity index (χ2n) is 2.17. The van der Waals surface area contributed by atoms with Crippen LogP contribution >= 0.6 is 11.8 Å². The molecule has 60 valence electrons. The van der Waals surface area contributed by atoms with Crippen molar-refractivity contribution in [3.05, 3.63) is 18.2 Å². The molecule has 0 bridgehead atoms. The average molecular weight is 169 g/mol. The molecule has 0 atom stereocenters. The van der Waals surface area contributed by atoms with Crippen LogP contribution in [0.4, 0.5) is 5.69 Å². The highest BCUT2D eigenvalue weighted by Gasteiger charge is 1.96. The van der Waals surface area contributed by atoms with Crippen molar-refractivity contribution in [2.45, 2.75) is 4.90 Å². The molecule has 0 saturated carbocycles. The van der Waals surface area contributed by atoms with Crippen LogP contribution in [0.5, 0.6) is 5.75 Å². The van der Waals surface area contributed by atoms with E-state index in [1.165, 1.54) is 0 Å². The molecule has 1 aromatic carbocycles. The summed E-state index contributed by atoms with van der Waals surface area (Å²) in [5, 5.41) is 12.2. The van der Waals surface area contributed by atoms with Crippen molar-refractivity contribution in [1.82, 2.24) is 0 Å². The zero-order valence-corrected chi connectivity index (χ0v) is 7.40. The first kappa shape index (κ1) is 8.27. The molecule has 0 aliphatic rings. The summed E-state index contributed by atoms with van der Waals surface area (Å²) in [6.07, 6.45) is 1.98. The molecule has 0 radical (unpaired) electrons. The van der Waals surface area contributed by atoms with Gasteiger partial charge in [0.15, 0.2) is 0 Å². The number of hydrogen-bond donors (Lipinski definition) is 2. The molecule has 0 saturated heterocycles. The van der Waals surface area contributed by atoms with E-state index in [0.717, 1.165) is 10.6 Å². The third kappa shape index (κ3) is 2.05. The number of aromatic hydroxyl groups is 1. The average Bonchev–Trinajstić information content (AvgIpc) is 2.03. The molecule has 0 aliphatic heterocycles. The van der Waals surface area contributed by atoms with E-state index >= 15 is 0 Å². The van der Waals surface area contributed by atoms with Crippen LogP contribution in [0.25, 0.3) is 0 Å². The Kier molecular flexibility index (Phi) is 2.65. The predicted molar refractivity (Wildman–Crippen MR) is 49.4 cm³/mol. The van der Waals surface area contributed by atoms with Gasteiger partial charge in [0.1, 0.15) is 5.75 Å². The second-order valence-corrected chi connectivity index (χ2v) is 3.05. The van der Waals surface area contributed by atoms with Gasteiger partial charge in [-0.2, -0.15) is 0 Å². The summed E-state index contributed by atoms with van der Waals surface area (Å²) in [5.74, 6) is 0.307. The maximum atomic E-state index is 9.20. The summed E-state index contributed by atoms with van der Waals surface area (Å²) in [6.45, 7) is 0. The minimum absolute atomic E-state index is 0.307.